The molecule has 0 atom stereocenters. The molecule has 1 aliphatic rings. The minimum absolute atomic E-state index is 0.137. The molecule has 0 aromatic heterocycles. The highest BCUT2D eigenvalue weighted by Crippen LogP contribution is 2.36. The van der Waals surface area contributed by atoms with Crippen LogP contribution in [-0.4, -0.2) is 5.54 Å². The van der Waals surface area contributed by atoms with Gasteiger partial charge in [0.25, 0.3) is 0 Å². The van der Waals surface area contributed by atoms with Crippen molar-refractivity contribution in [3.05, 3.63) is 34.9 Å². The van der Waals surface area contributed by atoms with Crippen LogP contribution in [0, 0.1) is 13.8 Å². The monoisotopic (exact) mass is 175 g/mol. The molecule has 0 spiro atoms. The molecule has 1 heteroatoms. The Hall–Kier alpha value is -0.820. The Labute approximate surface area is 80.0 Å². The van der Waals surface area contributed by atoms with Crippen LogP contribution in [0.5, 0.6) is 0 Å². The fourth-order valence-electron chi connectivity index (χ4n) is 1.72. The van der Waals surface area contributed by atoms with Gasteiger partial charge in [-0.3, -0.25) is 0 Å². The molecule has 13 heavy (non-hydrogen) atoms. The number of hydrogen-bond donors (Lipinski definition) is 1. The van der Waals surface area contributed by atoms with Gasteiger partial charge < -0.3 is 5.73 Å². The van der Waals surface area contributed by atoms with Gasteiger partial charge >= 0.3 is 0 Å². The van der Waals surface area contributed by atoms with Gasteiger partial charge in [0.05, 0.1) is 0 Å². The van der Waals surface area contributed by atoms with Crippen LogP contribution in [0.3, 0.4) is 0 Å². The molecule has 1 aromatic carbocycles. The van der Waals surface area contributed by atoms with Crippen molar-refractivity contribution in [3.63, 3.8) is 0 Å². The minimum atomic E-state index is 0.137. The first-order chi connectivity index (χ1) is 6.11. The second-order valence-electron chi connectivity index (χ2n) is 4.40. The lowest BCUT2D eigenvalue weighted by atomic mass is 9.97. The van der Waals surface area contributed by atoms with Crippen molar-refractivity contribution in [1.82, 2.24) is 0 Å². The summed E-state index contributed by atoms with van der Waals surface area (Å²) in [5.74, 6) is 0. The van der Waals surface area contributed by atoms with Crippen LogP contribution >= 0.6 is 0 Å². The summed E-state index contributed by atoms with van der Waals surface area (Å²) < 4.78 is 0. The van der Waals surface area contributed by atoms with E-state index in [4.69, 9.17) is 5.73 Å². The van der Waals surface area contributed by atoms with Gasteiger partial charge in [0, 0.05) is 5.54 Å². The van der Waals surface area contributed by atoms with Gasteiger partial charge in [0.15, 0.2) is 0 Å². The van der Waals surface area contributed by atoms with Crippen LogP contribution in [0.1, 0.15) is 29.5 Å². The molecule has 0 heterocycles. The van der Waals surface area contributed by atoms with Crippen molar-refractivity contribution in [2.24, 2.45) is 5.73 Å². The van der Waals surface area contributed by atoms with E-state index >= 15 is 0 Å². The topological polar surface area (TPSA) is 26.0 Å². The predicted molar refractivity (Wildman–Crippen MR) is 55.8 cm³/mol. The van der Waals surface area contributed by atoms with Crippen molar-refractivity contribution in [1.29, 1.82) is 0 Å². The molecule has 0 amide bonds. The minimum Gasteiger partial charge on any atom is -0.325 e. The summed E-state index contributed by atoms with van der Waals surface area (Å²) in [5, 5.41) is 0. The maximum atomic E-state index is 6.10. The van der Waals surface area contributed by atoms with E-state index in [0.29, 0.717) is 0 Å². The van der Waals surface area contributed by atoms with Crippen LogP contribution in [0.15, 0.2) is 18.2 Å². The van der Waals surface area contributed by atoms with Gasteiger partial charge in [-0.1, -0.05) is 18.2 Å². The predicted octanol–water partition coefficient (Wildman–Crippen LogP) is 2.34. The van der Waals surface area contributed by atoms with Crippen molar-refractivity contribution in [2.75, 3.05) is 0 Å². The van der Waals surface area contributed by atoms with Crippen molar-refractivity contribution in [3.8, 4) is 0 Å². The van der Waals surface area contributed by atoms with E-state index in [1.54, 1.807) is 0 Å². The normalized spacial score (nSPS) is 18.7. The van der Waals surface area contributed by atoms with Crippen molar-refractivity contribution in [2.45, 2.75) is 38.6 Å². The lowest BCUT2D eigenvalue weighted by molar-refractivity contribution is 0.669. The molecule has 1 fully saturated rings. The Morgan fingerprint density at radius 1 is 1.31 bits per heavy atom. The fraction of sp³-hybridized carbons (Fsp3) is 0.500. The molecule has 70 valence electrons. The summed E-state index contributed by atoms with van der Waals surface area (Å²) >= 11 is 0. The molecule has 1 aliphatic carbocycles. The third-order valence-electron chi connectivity index (χ3n) is 3.15. The average Bonchev–Trinajstić information content (AvgIpc) is 2.78. The number of benzene rings is 1. The quantitative estimate of drug-likeness (QED) is 0.733. The summed E-state index contributed by atoms with van der Waals surface area (Å²) in [5.41, 5.74) is 10.5. The van der Waals surface area contributed by atoms with E-state index in [-0.39, 0.29) is 5.54 Å². The van der Waals surface area contributed by atoms with Crippen LogP contribution in [-0.2, 0) is 6.42 Å². The van der Waals surface area contributed by atoms with Crippen molar-refractivity contribution >= 4 is 0 Å². The van der Waals surface area contributed by atoms with E-state index in [1.807, 2.05) is 0 Å². The van der Waals surface area contributed by atoms with Crippen LogP contribution < -0.4 is 5.73 Å². The van der Waals surface area contributed by atoms with Crippen LogP contribution in [0.4, 0.5) is 0 Å². The first-order valence-electron chi connectivity index (χ1n) is 4.95. The van der Waals surface area contributed by atoms with E-state index in [2.05, 4.69) is 32.0 Å². The standard InChI is InChI=1S/C12H17N/c1-9-4-3-5-11(10(9)2)8-12(13)6-7-12/h3-5H,6-8,13H2,1-2H3. The van der Waals surface area contributed by atoms with Crippen LogP contribution in [0.25, 0.3) is 0 Å². The molecule has 1 nitrogen and oxygen atoms in total. The second-order valence-corrected chi connectivity index (χ2v) is 4.40. The highest BCUT2D eigenvalue weighted by atomic mass is 14.8. The number of aryl methyl sites for hydroxylation is 1. The summed E-state index contributed by atoms with van der Waals surface area (Å²) in [6.07, 6.45) is 3.45. The number of hydrogen-bond acceptors (Lipinski definition) is 1. The second kappa shape index (κ2) is 2.85. The molecule has 0 bridgehead atoms. The molecule has 0 unspecified atom stereocenters. The van der Waals surface area contributed by atoms with E-state index < -0.39 is 0 Å². The van der Waals surface area contributed by atoms with Gasteiger partial charge in [-0.05, 0) is 49.8 Å². The zero-order valence-electron chi connectivity index (χ0n) is 8.43. The number of rotatable bonds is 2. The first-order valence-corrected chi connectivity index (χ1v) is 4.95. The molecule has 0 saturated heterocycles. The van der Waals surface area contributed by atoms with Crippen molar-refractivity contribution < 1.29 is 0 Å². The molecule has 1 aromatic rings. The summed E-state index contributed by atoms with van der Waals surface area (Å²) in [4.78, 5) is 0. The zero-order valence-corrected chi connectivity index (χ0v) is 8.43. The smallest absolute Gasteiger partial charge is 0.0196 e. The third kappa shape index (κ3) is 1.75. The molecule has 0 radical (unpaired) electrons. The molecular weight excluding hydrogens is 158 g/mol. The fourth-order valence-corrected chi connectivity index (χ4v) is 1.72. The Balaban J connectivity index is 2.25. The summed E-state index contributed by atoms with van der Waals surface area (Å²) in [6.45, 7) is 4.35. The van der Waals surface area contributed by atoms with Crippen LogP contribution in [0.2, 0.25) is 0 Å². The molecular formula is C12H17N. The largest absolute Gasteiger partial charge is 0.325 e. The highest BCUT2D eigenvalue weighted by molar-refractivity contribution is 5.35. The molecule has 2 N–H and O–H groups in total. The Morgan fingerprint density at radius 3 is 2.62 bits per heavy atom. The molecule has 2 rings (SSSR count). The third-order valence-corrected chi connectivity index (χ3v) is 3.15. The number of nitrogens with two attached hydrogens (primary N) is 1. The first kappa shape index (κ1) is 8.76. The summed E-state index contributed by atoms with van der Waals surface area (Å²) in [7, 11) is 0. The van der Waals surface area contributed by atoms with Gasteiger partial charge in [-0.2, -0.15) is 0 Å². The maximum absolute atomic E-state index is 6.10. The summed E-state index contributed by atoms with van der Waals surface area (Å²) in [6, 6.07) is 6.49. The lowest BCUT2D eigenvalue weighted by Gasteiger charge is -2.12. The lowest BCUT2D eigenvalue weighted by Crippen LogP contribution is -2.24. The Kier molecular flexibility index (Phi) is 1.92. The SMILES string of the molecule is Cc1cccc(CC2(N)CC2)c1C. The zero-order chi connectivity index (χ0) is 9.47. The molecule has 1 saturated carbocycles. The maximum Gasteiger partial charge on any atom is 0.0196 e. The average molecular weight is 175 g/mol. The van der Waals surface area contributed by atoms with Gasteiger partial charge in [0.1, 0.15) is 0 Å². The Bertz CT molecular complexity index is 324. The molecule has 0 aliphatic heterocycles. The van der Waals surface area contributed by atoms with Gasteiger partial charge in [0.2, 0.25) is 0 Å². The van der Waals surface area contributed by atoms with E-state index in [9.17, 15) is 0 Å². The van der Waals surface area contributed by atoms with E-state index in [1.165, 1.54) is 29.5 Å². The van der Waals surface area contributed by atoms with Gasteiger partial charge in [-0.15, -0.1) is 0 Å². The Morgan fingerprint density at radius 2 is 2.00 bits per heavy atom. The van der Waals surface area contributed by atoms with Gasteiger partial charge in [-0.25, -0.2) is 0 Å². The highest BCUT2D eigenvalue weighted by Gasteiger charge is 2.38. The van der Waals surface area contributed by atoms with E-state index in [0.717, 1.165) is 6.42 Å².